The summed E-state index contributed by atoms with van der Waals surface area (Å²) in [5, 5.41) is 3.44. The monoisotopic (exact) mass is 291 g/mol. The summed E-state index contributed by atoms with van der Waals surface area (Å²) >= 11 is 0. The smallest absolute Gasteiger partial charge is 0.125 e. The molecule has 0 bridgehead atoms. The van der Waals surface area contributed by atoms with Gasteiger partial charge in [-0.05, 0) is 39.1 Å². The van der Waals surface area contributed by atoms with E-state index in [1.54, 1.807) is 7.11 Å². The second-order valence-corrected chi connectivity index (χ2v) is 6.40. The molecule has 2 aliphatic heterocycles. The molecule has 0 amide bonds. The van der Waals surface area contributed by atoms with Crippen LogP contribution in [0.4, 0.5) is 0 Å². The Balaban J connectivity index is 1.95. The summed E-state index contributed by atoms with van der Waals surface area (Å²) < 4.78 is 17.7. The summed E-state index contributed by atoms with van der Waals surface area (Å²) in [4.78, 5) is 0. The molecule has 1 N–H and O–H groups in total. The summed E-state index contributed by atoms with van der Waals surface area (Å²) in [5.74, 6) is 1.85. The first kappa shape index (κ1) is 14.7. The van der Waals surface area contributed by atoms with Gasteiger partial charge in [0.05, 0.1) is 19.3 Å². The predicted octanol–water partition coefficient (Wildman–Crippen LogP) is 3.06. The van der Waals surface area contributed by atoms with Gasteiger partial charge < -0.3 is 19.5 Å². The Morgan fingerprint density at radius 2 is 1.90 bits per heavy atom. The Kier molecular flexibility index (Phi) is 3.84. The summed E-state index contributed by atoms with van der Waals surface area (Å²) in [6, 6.07) is 6.37. The molecule has 2 aliphatic rings. The van der Waals surface area contributed by atoms with Gasteiger partial charge in [0.15, 0.2) is 0 Å². The molecule has 1 saturated heterocycles. The molecule has 4 heteroatoms. The Hall–Kier alpha value is -1.26. The van der Waals surface area contributed by atoms with Crippen molar-refractivity contribution in [3.05, 3.63) is 23.8 Å². The highest BCUT2D eigenvalue weighted by molar-refractivity contribution is 5.44. The first-order valence-corrected chi connectivity index (χ1v) is 7.75. The SMILES string of the molecule is CNC1CC2(CC(C)OC(C)C2)Oc2ccc(OC)cc21. The minimum absolute atomic E-state index is 0.119. The molecule has 1 fully saturated rings. The highest BCUT2D eigenvalue weighted by Gasteiger charge is 2.45. The van der Waals surface area contributed by atoms with Crippen molar-refractivity contribution in [2.24, 2.45) is 0 Å². The molecule has 3 rings (SSSR count). The average Bonchev–Trinajstić information content (AvgIpc) is 2.44. The van der Waals surface area contributed by atoms with Gasteiger partial charge in [0.1, 0.15) is 17.1 Å². The van der Waals surface area contributed by atoms with Crippen molar-refractivity contribution in [1.29, 1.82) is 0 Å². The van der Waals surface area contributed by atoms with E-state index < -0.39 is 0 Å². The molecule has 1 aromatic carbocycles. The van der Waals surface area contributed by atoms with E-state index in [0.717, 1.165) is 30.8 Å². The van der Waals surface area contributed by atoms with Gasteiger partial charge in [-0.2, -0.15) is 0 Å². The maximum Gasteiger partial charge on any atom is 0.125 e. The third-order valence-electron chi connectivity index (χ3n) is 4.63. The topological polar surface area (TPSA) is 39.7 Å². The molecule has 4 nitrogen and oxygen atoms in total. The minimum Gasteiger partial charge on any atom is -0.497 e. The molecule has 0 aliphatic carbocycles. The molecule has 1 aromatic rings. The van der Waals surface area contributed by atoms with Crippen LogP contribution in [-0.4, -0.2) is 32.0 Å². The van der Waals surface area contributed by atoms with Gasteiger partial charge in [0, 0.05) is 30.9 Å². The molecule has 21 heavy (non-hydrogen) atoms. The number of hydrogen-bond donors (Lipinski definition) is 1. The lowest BCUT2D eigenvalue weighted by atomic mass is 9.78. The lowest BCUT2D eigenvalue weighted by molar-refractivity contribution is -0.130. The van der Waals surface area contributed by atoms with Gasteiger partial charge in [0.2, 0.25) is 0 Å². The number of fused-ring (bicyclic) bond motifs is 1. The fourth-order valence-corrected chi connectivity index (χ4v) is 3.91. The molecule has 0 radical (unpaired) electrons. The fourth-order valence-electron chi connectivity index (χ4n) is 3.91. The van der Waals surface area contributed by atoms with E-state index in [2.05, 4.69) is 25.2 Å². The van der Waals surface area contributed by atoms with Gasteiger partial charge in [-0.15, -0.1) is 0 Å². The van der Waals surface area contributed by atoms with Gasteiger partial charge in [-0.25, -0.2) is 0 Å². The molecule has 2 heterocycles. The molecule has 3 atom stereocenters. The predicted molar refractivity (Wildman–Crippen MR) is 82.0 cm³/mol. The zero-order valence-corrected chi connectivity index (χ0v) is 13.3. The van der Waals surface area contributed by atoms with E-state index in [-0.39, 0.29) is 17.8 Å². The van der Waals surface area contributed by atoms with E-state index in [1.807, 2.05) is 19.2 Å². The molecule has 0 saturated carbocycles. The quantitative estimate of drug-likeness (QED) is 0.909. The van der Waals surface area contributed by atoms with Crippen LogP contribution in [0, 0.1) is 0 Å². The molecular formula is C17H25NO3. The van der Waals surface area contributed by atoms with Crippen molar-refractivity contribution in [2.45, 2.75) is 57.0 Å². The molecular weight excluding hydrogens is 266 g/mol. The number of hydrogen-bond acceptors (Lipinski definition) is 4. The van der Waals surface area contributed by atoms with Gasteiger partial charge >= 0.3 is 0 Å². The van der Waals surface area contributed by atoms with E-state index in [0.29, 0.717) is 6.04 Å². The Morgan fingerprint density at radius 3 is 2.52 bits per heavy atom. The Morgan fingerprint density at radius 1 is 1.19 bits per heavy atom. The highest BCUT2D eigenvalue weighted by atomic mass is 16.5. The van der Waals surface area contributed by atoms with Crippen LogP contribution >= 0.6 is 0 Å². The minimum atomic E-state index is -0.119. The van der Waals surface area contributed by atoms with Crippen LogP contribution in [0.25, 0.3) is 0 Å². The number of ether oxygens (including phenoxy) is 3. The summed E-state index contributed by atoms with van der Waals surface area (Å²) in [7, 11) is 3.71. The number of rotatable bonds is 2. The van der Waals surface area contributed by atoms with E-state index in [4.69, 9.17) is 14.2 Å². The third-order valence-corrected chi connectivity index (χ3v) is 4.63. The van der Waals surface area contributed by atoms with Gasteiger partial charge in [-0.1, -0.05) is 0 Å². The normalized spacial score (nSPS) is 35.1. The molecule has 1 spiro atoms. The van der Waals surface area contributed by atoms with Crippen LogP contribution in [0.2, 0.25) is 0 Å². The Bertz CT molecular complexity index is 507. The first-order chi connectivity index (χ1) is 10.0. The zero-order valence-electron chi connectivity index (χ0n) is 13.3. The van der Waals surface area contributed by atoms with Crippen LogP contribution in [-0.2, 0) is 4.74 Å². The van der Waals surface area contributed by atoms with Crippen molar-refractivity contribution >= 4 is 0 Å². The Labute approximate surface area is 126 Å². The van der Waals surface area contributed by atoms with Crippen LogP contribution in [0.3, 0.4) is 0 Å². The van der Waals surface area contributed by atoms with Crippen molar-refractivity contribution < 1.29 is 14.2 Å². The van der Waals surface area contributed by atoms with Crippen LogP contribution in [0.1, 0.15) is 44.7 Å². The van der Waals surface area contributed by atoms with E-state index in [1.165, 1.54) is 5.56 Å². The first-order valence-electron chi connectivity index (χ1n) is 7.75. The van der Waals surface area contributed by atoms with Crippen LogP contribution in [0.5, 0.6) is 11.5 Å². The number of methoxy groups -OCH3 is 1. The van der Waals surface area contributed by atoms with Crippen molar-refractivity contribution in [3.63, 3.8) is 0 Å². The summed E-state index contributed by atoms with van der Waals surface area (Å²) in [6.45, 7) is 4.28. The third kappa shape index (κ3) is 2.74. The highest BCUT2D eigenvalue weighted by Crippen LogP contribution is 2.46. The van der Waals surface area contributed by atoms with Crippen LogP contribution in [0.15, 0.2) is 18.2 Å². The standard InChI is InChI=1S/C17H25NO3/c1-11-8-17(9-12(2)20-11)10-15(18-3)14-7-13(19-4)5-6-16(14)21-17/h5-7,11-12,15,18H,8-10H2,1-4H3. The van der Waals surface area contributed by atoms with Crippen molar-refractivity contribution in [2.75, 3.05) is 14.2 Å². The van der Waals surface area contributed by atoms with Gasteiger partial charge in [-0.3, -0.25) is 0 Å². The maximum absolute atomic E-state index is 6.46. The summed E-state index contributed by atoms with van der Waals surface area (Å²) in [5.41, 5.74) is 1.07. The van der Waals surface area contributed by atoms with E-state index >= 15 is 0 Å². The zero-order chi connectivity index (χ0) is 15.0. The fraction of sp³-hybridized carbons (Fsp3) is 0.647. The number of nitrogens with one attached hydrogen (secondary N) is 1. The molecule has 0 aromatic heterocycles. The molecule has 116 valence electrons. The van der Waals surface area contributed by atoms with Crippen molar-refractivity contribution in [3.8, 4) is 11.5 Å². The average molecular weight is 291 g/mol. The maximum atomic E-state index is 6.46. The number of benzene rings is 1. The van der Waals surface area contributed by atoms with Crippen molar-refractivity contribution in [1.82, 2.24) is 5.32 Å². The lowest BCUT2D eigenvalue weighted by Crippen LogP contribution is -2.51. The van der Waals surface area contributed by atoms with E-state index in [9.17, 15) is 0 Å². The molecule has 3 unspecified atom stereocenters. The second-order valence-electron chi connectivity index (χ2n) is 6.40. The van der Waals surface area contributed by atoms with Gasteiger partial charge in [0.25, 0.3) is 0 Å². The largest absolute Gasteiger partial charge is 0.497 e. The van der Waals surface area contributed by atoms with Crippen LogP contribution < -0.4 is 14.8 Å². The summed E-state index contributed by atoms with van der Waals surface area (Å²) in [6.07, 6.45) is 3.35. The lowest BCUT2D eigenvalue weighted by Gasteiger charge is -2.47. The second kappa shape index (κ2) is 5.50.